The lowest BCUT2D eigenvalue weighted by atomic mass is 10.00. The largest absolute Gasteiger partial charge is 0.444 e. The number of fused-ring (bicyclic) bond motifs is 4. The van der Waals surface area contributed by atoms with Crippen LogP contribution in [0.5, 0.6) is 5.75 Å². The Balaban J connectivity index is 1.53. The predicted octanol–water partition coefficient (Wildman–Crippen LogP) is 4.21. The summed E-state index contributed by atoms with van der Waals surface area (Å²) in [5, 5.41) is 2.15. The second-order valence-corrected chi connectivity index (χ2v) is 7.89. The smallest absolute Gasteiger partial charge is 0.416 e. The van der Waals surface area contributed by atoms with Crippen molar-refractivity contribution in [1.82, 2.24) is 0 Å². The molecule has 1 unspecified atom stereocenters. The van der Waals surface area contributed by atoms with E-state index < -0.39 is 17.4 Å². The standard InChI is InChI=1S/C24H18F3NO3/c1-14-21-16(10-20-18-7-2-3-8-19(18)23(29)31-22(14)20)12-28(13-30-21)11-15-5-4-6-17(9-15)24(25,26)27/h2-10H,11-13H2,1H3/p+1. The summed E-state index contributed by atoms with van der Waals surface area (Å²) in [4.78, 5) is 13.4. The first-order valence-electron chi connectivity index (χ1n) is 9.92. The van der Waals surface area contributed by atoms with Crippen molar-refractivity contribution in [3.8, 4) is 5.75 Å². The van der Waals surface area contributed by atoms with Gasteiger partial charge in [-0.15, -0.1) is 0 Å². The van der Waals surface area contributed by atoms with Gasteiger partial charge < -0.3 is 9.15 Å². The fraction of sp³-hybridized carbons (Fsp3) is 0.208. The van der Waals surface area contributed by atoms with E-state index in [0.717, 1.165) is 32.9 Å². The zero-order chi connectivity index (χ0) is 21.8. The van der Waals surface area contributed by atoms with Crippen LogP contribution in [0.25, 0.3) is 21.7 Å². The molecule has 31 heavy (non-hydrogen) atoms. The van der Waals surface area contributed by atoms with Gasteiger partial charge in [-0.25, -0.2) is 4.79 Å². The van der Waals surface area contributed by atoms with Crippen molar-refractivity contribution in [3.63, 3.8) is 0 Å². The normalized spacial score (nSPS) is 16.3. The summed E-state index contributed by atoms with van der Waals surface area (Å²) in [6.07, 6.45) is -4.36. The second kappa shape index (κ2) is 7.13. The fourth-order valence-electron chi connectivity index (χ4n) is 4.31. The highest BCUT2D eigenvalue weighted by Gasteiger charge is 2.31. The van der Waals surface area contributed by atoms with E-state index >= 15 is 0 Å². The number of halogens is 3. The Morgan fingerprint density at radius 3 is 2.55 bits per heavy atom. The Labute approximate surface area is 175 Å². The minimum Gasteiger partial charge on any atom is -0.444 e. The van der Waals surface area contributed by atoms with Gasteiger partial charge >= 0.3 is 11.8 Å². The number of aryl methyl sites for hydroxylation is 1. The number of rotatable bonds is 2. The van der Waals surface area contributed by atoms with Crippen molar-refractivity contribution < 1.29 is 27.2 Å². The van der Waals surface area contributed by atoms with Crippen molar-refractivity contribution >= 4 is 21.7 Å². The SMILES string of the molecule is Cc1c2c(cc3c1oc(=O)c1ccccc13)C[NH+](Cc1cccc(C(F)(F)F)c1)CO2. The Morgan fingerprint density at radius 2 is 1.77 bits per heavy atom. The number of nitrogens with one attached hydrogen (secondary N) is 1. The highest BCUT2D eigenvalue weighted by Crippen LogP contribution is 2.35. The van der Waals surface area contributed by atoms with Crippen LogP contribution >= 0.6 is 0 Å². The average molecular weight is 426 g/mol. The maximum atomic E-state index is 13.0. The number of quaternary nitrogens is 1. The van der Waals surface area contributed by atoms with Gasteiger partial charge in [0.2, 0.25) is 6.73 Å². The summed E-state index contributed by atoms with van der Waals surface area (Å²) in [7, 11) is 0. The fourth-order valence-corrected chi connectivity index (χ4v) is 4.31. The molecule has 1 N–H and O–H groups in total. The molecule has 5 rings (SSSR count). The van der Waals surface area contributed by atoms with E-state index in [9.17, 15) is 18.0 Å². The molecule has 0 bridgehead atoms. The van der Waals surface area contributed by atoms with Crippen LogP contribution in [0.4, 0.5) is 13.2 Å². The minimum atomic E-state index is -4.36. The lowest BCUT2D eigenvalue weighted by Crippen LogP contribution is -3.10. The first kappa shape index (κ1) is 19.6. The van der Waals surface area contributed by atoms with Crippen molar-refractivity contribution in [3.05, 3.63) is 87.3 Å². The Bertz CT molecular complexity index is 1370. The Hall–Kier alpha value is -3.32. The van der Waals surface area contributed by atoms with E-state index in [-0.39, 0.29) is 0 Å². The second-order valence-electron chi connectivity index (χ2n) is 7.89. The van der Waals surface area contributed by atoms with Gasteiger partial charge in [-0.3, -0.25) is 4.90 Å². The van der Waals surface area contributed by atoms with Crippen molar-refractivity contribution in [2.45, 2.75) is 26.2 Å². The average Bonchev–Trinajstić information content (AvgIpc) is 2.75. The van der Waals surface area contributed by atoms with Gasteiger partial charge in [0.15, 0.2) is 0 Å². The molecule has 7 heteroatoms. The van der Waals surface area contributed by atoms with Crippen LogP contribution in [0.1, 0.15) is 22.3 Å². The number of hydrogen-bond acceptors (Lipinski definition) is 3. The Kier molecular flexibility index (Phi) is 4.51. The third-order valence-corrected chi connectivity index (χ3v) is 5.74. The molecule has 158 valence electrons. The summed E-state index contributed by atoms with van der Waals surface area (Å²) >= 11 is 0. The summed E-state index contributed by atoms with van der Waals surface area (Å²) < 4.78 is 50.7. The molecule has 1 aliphatic heterocycles. The predicted molar refractivity (Wildman–Crippen MR) is 110 cm³/mol. The topological polar surface area (TPSA) is 43.9 Å². The van der Waals surface area contributed by atoms with E-state index in [1.807, 2.05) is 25.1 Å². The highest BCUT2D eigenvalue weighted by molar-refractivity contribution is 6.06. The first-order valence-corrected chi connectivity index (χ1v) is 9.92. The number of benzene rings is 3. The molecule has 0 amide bonds. The van der Waals surface area contributed by atoms with Gasteiger partial charge in [0.05, 0.1) is 10.9 Å². The molecule has 1 atom stereocenters. The van der Waals surface area contributed by atoms with Gasteiger partial charge in [0.1, 0.15) is 24.4 Å². The molecule has 3 aromatic carbocycles. The van der Waals surface area contributed by atoms with Crippen LogP contribution in [0.3, 0.4) is 0 Å². The number of hydrogen-bond donors (Lipinski definition) is 1. The van der Waals surface area contributed by atoms with Crippen LogP contribution in [0, 0.1) is 6.92 Å². The highest BCUT2D eigenvalue weighted by atomic mass is 19.4. The maximum absolute atomic E-state index is 13.0. The monoisotopic (exact) mass is 426 g/mol. The zero-order valence-electron chi connectivity index (χ0n) is 16.7. The number of alkyl halides is 3. The molecule has 4 nitrogen and oxygen atoms in total. The molecule has 0 spiro atoms. The first-order chi connectivity index (χ1) is 14.8. The minimum absolute atomic E-state index is 0.313. The third kappa shape index (κ3) is 3.45. The third-order valence-electron chi connectivity index (χ3n) is 5.74. The van der Waals surface area contributed by atoms with Gasteiger partial charge in [0, 0.05) is 22.1 Å². The van der Waals surface area contributed by atoms with Crippen LogP contribution in [-0.4, -0.2) is 6.73 Å². The van der Waals surface area contributed by atoms with E-state index in [0.29, 0.717) is 42.1 Å². The van der Waals surface area contributed by atoms with Crippen LogP contribution in [-0.2, 0) is 19.3 Å². The van der Waals surface area contributed by atoms with Crippen LogP contribution in [0.2, 0.25) is 0 Å². The summed E-state index contributed by atoms with van der Waals surface area (Å²) in [6, 6.07) is 14.7. The molecular weight excluding hydrogens is 407 g/mol. The lowest BCUT2D eigenvalue weighted by molar-refractivity contribution is -0.945. The van der Waals surface area contributed by atoms with E-state index in [1.54, 1.807) is 18.2 Å². The molecule has 0 aliphatic carbocycles. The summed E-state index contributed by atoms with van der Waals surface area (Å²) in [5.74, 6) is 0.679. The van der Waals surface area contributed by atoms with E-state index in [4.69, 9.17) is 9.15 Å². The zero-order valence-corrected chi connectivity index (χ0v) is 16.7. The van der Waals surface area contributed by atoms with Crippen molar-refractivity contribution in [2.24, 2.45) is 0 Å². The molecule has 0 saturated carbocycles. The molecular formula is C24H19F3NO3+. The van der Waals surface area contributed by atoms with Gasteiger partial charge in [0.25, 0.3) is 0 Å². The van der Waals surface area contributed by atoms with Gasteiger partial charge in [-0.2, -0.15) is 13.2 Å². The molecule has 1 aromatic heterocycles. The molecule has 0 saturated heterocycles. The van der Waals surface area contributed by atoms with E-state index in [1.165, 1.54) is 12.1 Å². The number of ether oxygens (including phenoxy) is 1. The Morgan fingerprint density at radius 1 is 1.00 bits per heavy atom. The quantitative estimate of drug-likeness (QED) is 0.386. The molecule has 0 fully saturated rings. The molecule has 2 heterocycles. The van der Waals surface area contributed by atoms with Crippen molar-refractivity contribution in [2.75, 3.05) is 6.73 Å². The lowest BCUT2D eigenvalue weighted by Gasteiger charge is -2.28. The maximum Gasteiger partial charge on any atom is 0.416 e. The van der Waals surface area contributed by atoms with Crippen molar-refractivity contribution in [1.29, 1.82) is 0 Å². The van der Waals surface area contributed by atoms with Crippen LogP contribution in [0.15, 0.2) is 63.8 Å². The van der Waals surface area contributed by atoms with Gasteiger partial charge in [-0.05, 0) is 36.6 Å². The molecule has 4 aromatic rings. The summed E-state index contributed by atoms with van der Waals surface area (Å²) in [5.41, 5.74) is 1.77. The van der Waals surface area contributed by atoms with Crippen LogP contribution < -0.4 is 15.3 Å². The molecule has 0 radical (unpaired) electrons. The van der Waals surface area contributed by atoms with Gasteiger partial charge in [-0.1, -0.05) is 30.3 Å². The summed E-state index contributed by atoms with van der Waals surface area (Å²) in [6.45, 7) is 3.17. The van der Waals surface area contributed by atoms with E-state index in [2.05, 4.69) is 0 Å². The molecule has 1 aliphatic rings.